The summed E-state index contributed by atoms with van der Waals surface area (Å²) in [5.74, 6) is -0.182. The minimum absolute atomic E-state index is 0.0426. The molecule has 1 aromatic carbocycles. The first-order valence-corrected chi connectivity index (χ1v) is 9.76. The topological polar surface area (TPSA) is 70.7 Å². The third-order valence-corrected chi connectivity index (χ3v) is 4.50. The molecule has 1 aromatic rings. The number of rotatable bonds is 7. The summed E-state index contributed by atoms with van der Waals surface area (Å²) in [7, 11) is 1.61. The van der Waals surface area contributed by atoms with Crippen LogP contribution in [0.4, 0.5) is 11.4 Å². The van der Waals surface area contributed by atoms with Crippen molar-refractivity contribution >= 4 is 23.2 Å². The molecule has 1 fully saturated rings. The van der Waals surface area contributed by atoms with Gasteiger partial charge in [-0.25, -0.2) is 0 Å². The Morgan fingerprint density at radius 1 is 1.15 bits per heavy atom. The van der Waals surface area contributed by atoms with Gasteiger partial charge in [-0.05, 0) is 42.9 Å². The third kappa shape index (κ3) is 6.86. The first-order valence-electron chi connectivity index (χ1n) is 9.76. The molecular formula is C21H33N3O3. The fourth-order valence-electron chi connectivity index (χ4n) is 3.25. The van der Waals surface area contributed by atoms with E-state index in [0.29, 0.717) is 30.8 Å². The zero-order valence-corrected chi connectivity index (χ0v) is 17.1. The van der Waals surface area contributed by atoms with Crippen molar-refractivity contribution in [1.29, 1.82) is 0 Å². The maximum atomic E-state index is 12.7. The highest BCUT2D eigenvalue weighted by Crippen LogP contribution is 2.28. The predicted molar refractivity (Wildman–Crippen MR) is 109 cm³/mol. The highest BCUT2D eigenvalue weighted by Gasteiger charge is 2.20. The number of anilines is 2. The molecule has 0 aliphatic carbocycles. The molecule has 2 rings (SSSR count). The number of benzene rings is 1. The number of piperidine rings is 1. The molecule has 27 heavy (non-hydrogen) atoms. The minimum Gasteiger partial charge on any atom is -0.383 e. The van der Waals surface area contributed by atoms with Crippen LogP contribution in [0.25, 0.3) is 0 Å². The highest BCUT2D eigenvalue weighted by molar-refractivity contribution is 6.02. The molecule has 150 valence electrons. The lowest BCUT2D eigenvalue weighted by Crippen LogP contribution is -2.33. The molecule has 1 saturated heterocycles. The summed E-state index contributed by atoms with van der Waals surface area (Å²) >= 11 is 0. The summed E-state index contributed by atoms with van der Waals surface area (Å²) in [6.07, 6.45) is 3.92. The van der Waals surface area contributed by atoms with Crippen LogP contribution in [0.5, 0.6) is 0 Å². The molecule has 2 N–H and O–H groups in total. The van der Waals surface area contributed by atoms with Crippen LogP contribution < -0.4 is 15.5 Å². The molecule has 2 amide bonds. The van der Waals surface area contributed by atoms with Crippen molar-refractivity contribution in [3.05, 3.63) is 23.8 Å². The van der Waals surface area contributed by atoms with Crippen LogP contribution in [0.3, 0.4) is 0 Å². The first kappa shape index (κ1) is 21.2. The van der Waals surface area contributed by atoms with Gasteiger partial charge in [0.25, 0.3) is 5.91 Å². The van der Waals surface area contributed by atoms with Crippen LogP contribution in [0.15, 0.2) is 18.2 Å². The Balaban J connectivity index is 2.21. The molecule has 0 radical (unpaired) electrons. The second kappa shape index (κ2) is 9.74. The van der Waals surface area contributed by atoms with Crippen molar-refractivity contribution in [2.45, 2.75) is 46.5 Å². The Morgan fingerprint density at radius 3 is 2.48 bits per heavy atom. The van der Waals surface area contributed by atoms with Gasteiger partial charge in [-0.15, -0.1) is 0 Å². The van der Waals surface area contributed by atoms with E-state index in [-0.39, 0.29) is 17.2 Å². The van der Waals surface area contributed by atoms with E-state index in [9.17, 15) is 9.59 Å². The van der Waals surface area contributed by atoms with Crippen molar-refractivity contribution in [1.82, 2.24) is 5.32 Å². The summed E-state index contributed by atoms with van der Waals surface area (Å²) in [4.78, 5) is 27.3. The molecular weight excluding hydrogens is 342 g/mol. The van der Waals surface area contributed by atoms with E-state index < -0.39 is 0 Å². The summed E-state index contributed by atoms with van der Waals surface area (Å²) < 4.78 is 5.02. The van der Waals surface area contributed by atoms with Crippen LogP contribution in [-0.2, 0) is 9.53 Å². The van der Waals surface area contributed by atoms with Crippen molar-refractivity contribution in [3.8, 4) is 0 Å². The van der Waals surface area contributed by atoms with Gasteiger partial charge in [-0.2, -0.15) is 0 Å². The van der Waals surface area contributed by atoms with Crippen LogP contribution in [0.1, 0.15) is 56.8 Å². The smallest absolute Gasteiger partial charge is 0.253 e. The Bertz CT molecular complexity index is 647. The van der Waals surface area contributed by atoms with Gasteiger partial charge in [-0.1, -0.05) is 20.8 Å². The van der Waals surface area contributed by atoms with Crippen LogP contribution in [-0.4, -0.2) is 45.2 Å². The first-order chi connectivity index (χ1) is 12.8. The minimum atomic E-state index is -0.139. The van der Waals surface area contributed by atoms with Gasteiger partial charge in [0, 0.05) is 44.5 Å². The molecule has 0 saturated carbocycles. The van der Waals surface area contributed by atoms with E-state index in [0.717, 1.165) is 31.6 Å². The molecule has 6 nitrogen and oxygen atoms in total. The number of nitrogens with zero attached hydrogens (tertiary/aromatic N) is 1. The van der Waals surface area contributed by atoms with Crippen LogP contribution >= 0.6 is 0 Å². The van der Waals surface area contributed by atoms with E-state index in [1.165, 1.54) is 6.42 Å². The number of hydrogen-bond donors (Lipinski definition) is 2. The van der Waals surface area contributed by atoms with Crippen LogP contribution in [0, 0.1) is 5.41 Å². The Kier molecular flexibility index (Phi) is 7.66. The maximum Gasteiger partial charge on any atom is 0.253 e. The summed E-state index contributed by atoms with van der Waals surface area (Å²) in [5, 5.41) is 5.82. The number of amides is 2. The van der Waals surface area contributed by atoms with E-state index in [4.69, 9.17) is 4.74 Å². The zero-order valence-electron chi connectivity index (χ0n) is 17.1. The number of carbonyl (C=O) groups is 2. The summed E-state index contributed by atoms with van der Waals surface area (Å²) in [6, 6.07) is 5.62. The van der Waals surface area contributed by atoms with E-state index in [1.54, 1.807) is 13.2 Å². The van der Waals surface area contributed by atoms with Gasteiger partial charge in [0.05, 0.1) is 12.2 Å². The zero-order chi connectivity index (χ0) is 19.9. The maximum absolute atomic E-state index is 12.7. The lowest BCUT2D eigenvalue weighted by Gasteiger charge is -2.30. The average Bonchev–Trinajstić information content (AvgIpc) is 2.61. The number of methoxy groups -OCH3 is 1. The number of nitrogens with one attached hydrogen (secondary N) is 2. The van der Waals surface area contributed by atoms with Gasteiger partial charge >= 0.3 is 0 Å². The van der Waals surface area contributed by atoms with Gasteiger partial charge in [0.2, 0.25) is 5.91 Å². The average molecular weight is 376 g/mol. The van der Waals surface area contributed by atoms with Crippen molar-refractivity contribution < 1.29 is 14.3 Å². The van der Waals surface area contributed by atoms with Gasteiger partial charge in [0.15, 0.2) is 0 Å². The molecule has 0 aromatic heterocycles. The number of hydrogen-bond acceptors (Lipinski definition) is 4. The van der Waals surface area contributed by atoms with E-state index >= 15 is 0 Å². The van der Waals surface area contributed by atoms with Crippen LogP contribution in [0.2, 0.25) is 0 Å². The molecule has 0 atom stereocenters. The molecule has 0 unspecified atom stereocenters. The summed E-state index contributed by atoms with van der Waals surface area (Å²) in [6.45, 7) is 8.91. The Labute approximate surface area is 162 Å². The van der Waals surface area contributed by atoms with Gasteiger partial charge in [-0.3, -0.25) is 9.59 Å². The second-order valence-corrected chi connectivity index (χ2v) is 8.31. The molecule has 6 heteroatoms. The van der Waals surface area contributed by atoms with Gasteiger partial charge in [0.1, 0.15) is 0 Å². The molecule has 1 aliphatic heterocycles. The predicted octanol–water partition coefficient (Wildman–Crippen LogP) is 3.43. The monoisotopic (exact) mass is 375 g/mol. The lowest BCUT2D eigenvalue weighted by molar-refractivity contribution is -0.117. The number of carbonyl (C=O) groups excluding carboxylic acids is 2. The Hall–Kier alpha value is -2.08. The third-order valence-electron chi connectivity index (χ3n) is 4.50. The van der Waals surface area contributed by atoms with Crippen molar-refractivity contribution in [3.63, 3.8) is 0 Å². The fourth-order valence-corrected chi connectivity index (χ4v) is 3.25. The molecule has 0 bridgehead atoms. The Morgan fingerprint density at radius 2 is 1.85 bits per heavy atom. The largest absolute Gasteiger partial charge is 0.383 e. The quantitative estimate of drug-likeness (QED) is 0.717. The summed E-state index contributed by atoms with van der Waals surface area (Å²) in [5.41, 5.74) is 2.10. The SMILES string of the molecule is COCCNC(=O)c1cc(NC(=O)CC(C)(C)C)ccc1N1CCCCC1. The molecule has 0 spiro atoms. The van der Waals surface area contributed by atoms with E-state index in [1.807, 2.05) is 32.9 Å². The van der Waals surface area contributed by atoms with Crippen molar-refractivity contribution in [2.24, 2.45) is 5.41 Å². The number of ether oxygens (including phenoxy) is 1. The fraction of sp³-hybridized carbons (Fsp3) is 0.619. The second-order valence-electron chi connectivity index (χ2n) is 8.31. The normalized spacial score (nSPS) is 14.7. The molecule has 1 aliphatic rings. The molecule has 1 heterocycles. The lowest BCUT2D eigenvalue weighted by atomic mass is 9.92. The van der Waals surface area contributed by atoms with Crippen molar-refractivity contribution in [2.75, 3.05) is 43.6 Å². The van der Waals surface area contributed by atoms with Gasteiger partial charge < -0.3 is 20.3 Å². The standard InChI is InChI=1S/C21H33N3O3/c1-21(2,3)15-19(25)23-16-8-9-18(24-11-6-5-7-12-24)17(14-16)20(26)22-10-13-27-4/h8-9,14H,5-7,10-13,15H2,1-4H3,(H,22,26)(H,23,25). The highest BCUT2D eigenvalue weighted by atomic mass is 16.5. The van der Waals surface area contributed by atoms with E-state index in [2.05, 4.69) is 15.5 Å².